The van der Waals surface area contributed by atoms with E-state index in [2.05, 4.69) is 0 Å². The minimum absolute atomic E-state index is 0.354. The van der Waals surface area contributed by atoms with Gasteiger partial charge in [0.25, 0.3) is 0 Å². The topological polar surface area (TPSA) is 29.5 Å². The van der Waals surface area contributed by atoms with Gasteiger partial charge < -0.3 is 9.84 Å². The predicted molar refractivity (Wildman–Crippen MR) is 62.1 cm³/mol. The Morgan fingerprint density at radius 3 is 2.69 bits per heavy atom. The van der Waals surface area contributed by atoms with Crippen LogP contribution in [0.4, 0.5) is 4.39 Å². The van der Waals surface area contributed by atoms with Crippen molar-refractivity contribution in [3.63, 3.8) is 0 Å². The van der Waals surface area contributed by atoms with Crippen LogP contribution in [-0.2, 0) is 4.74 Å². The van der Waals surface area contributed by atoms with Crippen LogP contribution < -0.4 is 0 Å². The maximum atomic E-state index is 13.0. The normalized spacial score (nSPS) is 13.9. The van der Waals surface area contributed by atoms with Gasteiger partial charge in [-0.05, 0) is 32.0 Å². The molecule has 4 heteroatoms. The largest absolute Gasteiger partial charge is 0.388 e. The van der Waals surface area contributed by atoms with E-state index in [0.717, 1.165) is 0 Å². The zero-order chi connectivity index (χ0) is 12.3. The Labute approximate surface area is 100.0 Å². The second-order valence-electron chi connectivity index (χ2n) is 4.35. The lowest BCUT2D eigenvalue weighted by molar-refractivity contribution is -0.0201. The van der Waals surface area contributed by atoms with Crippen molar-refractivity contribution in [3.8, 4) is 0 Å². The summed E-state index contributed by atoms with van der Waals surface area (Å²) in [5.41, 5.74) is -0.0819. The van der Waals surface area contributed by atoms with Gasteiger partial charge in [0.1, 0.15) is 5.82 Å². The average molecular weight is 247 g/mol. The predicted octanol–water partition coefficient (Wildman–Crippen LogP) is 3.33. The monoisotopic (exact) mass is 246 g/mol. The molecule has 16 heavy (non-hydrogen) atoms. The molecule has 0 bridgehead atoms. The van der Waals surface area contributed by atoms with E-state index in [4.69, 9.17) is 16.3 Å². The quantitative estimate of drug-likeness (QED) is 0.883. The highest BCUT2D eigenvalue weighted by molar-refractivity contribution is 6.31. The van der Waals surface area contributed by atoms with Crippen LogP contribution in [0.25, 0.3) is 0 Å². The summed E-state index contributed by atoms with van der Waals surface area (Å²) in [6.07, 6.45) is -0.481. The summed E-state index contributed by atoms with van der Waals surface area (Å²) in [4.78, 5) is 0. The Balaban J connectivity index is 2.88. The summed E-state index contributed by atoms with van der Waals surface area (Å²) < 4.78 is 18.2. The highest BCUT2D eigenvalue weighted by atomic mass is 35.5. The molecule has 90 valence electrons. The molecule has 0 aromatic heterocycles. The third-order valence-electron chi connectivity index (χ3n) is 2.55. The highest BCUT2D eigenvalue weighted by Crippen LogP contribution is 2.30. The lowest BCUT2D eigenvalue weighted by Gasteiger charge is -2.26. The number of ether oxygens (including phenoxy) is 1. The second kappa shape index (κ2) is 5.13. The van der Waals surface area contributed by atoms with E-state index < -0.39 is 17.5 Å². The molecule has 1 N–H and O–H groups in total. The van der Waals surface area contributed by atoms with Crippen LogP contribution in [0.15, 0.2) is 18.2 Å². The minimum Gasteiger partial charge on any atom is -0.388 e. The highest BCUT2D eigenvalue weighted by Gasteiger charge is 2.24. The van der Waals surface area contributed by atoms with Gasteiger partial charge in [0.2, 0.25) is 0 Å². The summed E-state index contributed by atoms with van der Waals surface area (Å²) in [6, 6.07) is 3.95. The Kier molecular flexibility index (Phi) is 4.30. The van der Waals surface area contributed by atoms with E-state index in [9.17, 15) is 9.50 Å². The molecule has 0 amide bonds. The molecule has 0 heterocycles. The SMILES string of the molecule is COC(C)(C)CC(O)c1cc(F)ccc1Cl. The fourth-order valence-corrected chi connectivity index (χ4v) is 1.67. The molecule has 0 saturated heterocycles. The first-order chi connectivity index (χ1) is 7.35. The van der Waals surface area contributed by atoms with Crippen molar-refractivity contribution in [2.24, 2.45) is 0 Å². The summed E-state index contributed by atoms with van der Waals surface area (Å²) >= 11 is 5.90. The average Bonchev–Trinajstić information content (AvgIpc) is 2.21. The molecule has 0 aliphatic heterocycles. The third-order valence-corrected chi connectivity index (χ3v) is 2.90. The van der Waals surface area contributed by atoms with Gasteiger partial charge in [-0.3, -0.25) is 0 Å². The van der Waals surface area contributed by atoms with Gasteiger partial charge in [0.05, 0.1) is 11.7 Å². The Morgan fingerprint density at radius 2 is 2.12 bits per heavy atom. The molecule has 2 nitrogen and oxygen atoms in total. The maximum Gasteiger partial charge on any atom is 0.123 e. The number of hydrogen-bond donors (Lipinski definition) is 1. The van der Waals surface area contributed by atoms with E-state index in [1.165, 1.54) is 18.2 Å². The molecule has 1 aromatic carbocycles. The number of aliphatic hydroxyl groups is 1. The second-order valence-corrected chi connectivity index (χ2v) is 4.76. The third kappa shape index (κ3) is 3.44. The minimum atomic E-state index is -0.835. The molecule has 0 aliphatic carbocycles. The fourth-order valence-electron chi connectivity index (χ4n) is 1.43. The van der Waals surface area contributed by atoms with Crippen molar-refractivity contribution in [3.05, 3.63) is 34.6 Å². The first-order valence-corrected chi connectivity index (χ1v) is 5.42. The number of methoxy groups -OCH3 is 1. The molecule has 0 saturated carbocycles. The molecule has 1 unspecified atom stereocenters. The van der Waals surface area contributed by atoms with Gasteiger partial charge in [-0.15, -0.1) is 0 Å². The van der Waals surface area contributed by atoms with Gasteiger partial charge in [0, 0.05) is 24.1 Å². The Bertz CT molecular complexity index is 366. The lowest BCUT2D eigenvalue weighted by atomic mass is 9.96. The zero-order valence-corrected chi connectivity index (χ0v) is 10.4. The first-order valence-electron chi connectivity index (χ1n) is 5.04. The van der Waals surface area contributed by atoms with Gasteiger partial charge in [-0.2, -0.15) is 0 Å². The van der Waals surface area contributed by atoms with E-state index in [-0.39, 0.29) is 0 Å². The molecule has 1 atom stereocenters. The smallest absolute Gasteiger partial charge is 0.123 e. The van der Waals surface area contributed by atoms with Gasteiger partial charge >= 0.3 is 0 Å². The number of aliphatic hydroxyl groups excluding tert-OH is 1. The van der Waals surface area contributed by atoms with Crippen molar-refractivity contribution in [2.75, 3.05) is 7.11 Å². The molecular weight excluding hydrogens is 231 g/mol. The fraction of sp³-hybridized carbons (Fsp3) is 0.500. The number of rotatable bonds is 4. The standard InChI is InChI=1S/C12H16ClFO2/c1-12(2,16-3)7-11(15)9-6-8(14)4-5-10(9)13/h4-6,11,15H,7H2,1-3H3. The maximum absolute atomic E-state index is 13.0. The van der Waals surface area contributed by atoms with E-state index in [1.54, 1.807) is 7.11 Å². The summed E-state index contributed by atoms with van der Waals surface area (Å²) in [5.74, 6) is -0.409. The van der Waals surface area contributed by atoms with Crippen molar-refractivity contribution in [1.82, 2.24) is 0 Å². The van der Waals surface area contributed by atoms with Crippen LogP contribution in [0.5, 0.6) is 0 Å². The summed E-state index contributed by atoms with van der Waals surface area (Å²) in [7, 11) is 1.57. The first kappa shape index (κ1) is 13.4. The van der Waals surface area contributed by atoms with Gasteiger partial charge in [-0.1, -0.05) is 11.6 Å². The van der Waals surface area contributed by atoms with Gasteiger partial charge in [-0.25, -0.2) is 4.39 Å². The molecular formula is C12H16ClFO2. The Hall–Kier alpha value is -0.640. The molecule has 0 aliphatic rings. The molecule has 0 radical (unpaired) electrons. The molecule has 1 aromatic rings. The van der Waals surface area contributed by atoms with Crippen molar-refractivity contribution >= 4 is 11.6 Å². The van der Waals surface area contributed by atoms with Crippen molar-refractivity contribution in [1.29, 1.82) is 0 Å². The van der Waals surface area contributed by atoms with Crippen LogP contribution in [0, 0.1) is 5.82 Å². The van der Waals surface area contributed by atoms with E-state index in [0.29, 0.717) is 17.0 Å². The van der Waals surface area contributed by atoms with Gasteiger partial charge in [0.15, 0.2) is 0 Å². The Morgan fingerprint density at radius 1 is 1.50 bits per heavy atom. The number of hydrogen-bond acceptors (Lipinski definition) is 2. The molecule has 1 rings (SSSR count). The van der Waals surface area contributed by atoms with E-state index in [1.807, 2.05) is 13.8 Å². The zero-order valence-electron chi connectivity index (χ0n) is 9.63. The van der Waals surface area contributed by atoms with Crippen LogP contribution >= 0.6 is 11.6 Å². The summed E-state index contributed by atoms with van der Waals surface area (Å²) in [5, 5.41) is 10.3. The van der Waals surface area contributed by atoms with Crippen LogP contribution in [0.2, 0.25) is 5.02 Å². The van der Waals surface area contributed by atoms with Crippen LogP contribution in [0.1, 0.15) is 31.9 Å². The van der Waals surface area contributed by atoms with E-state index >= 15 is 0 Å². The van der Waals surface area contributed by atoms with Crippen LogP contribution in [-0.4, -0.2) is 17.8 Å². The molecule has 0 fully saturated rings. The summed E-state index contributed by atoms with van der Waals surface area (Å²) in [6.45, 7) is 3.70. The number of halogens is 2. The lowest BCUT2D eigenvalue weighted by Crippen LogP contribution is -2.25. The molecule has 0 spiro atoms. The van der Waals surface area contributed by atoms with Crippen molar-refractivity contribution in [2.45, 2.75) is 32.0 Å². The number of benzene rings is 1. The van der Waals surface area contributed by atoms with Crippen LogP contribution in [0.3, 0.4) is 0 Å². The van der Waals surface area contributed by atoms with Crippen molar-refractivity contribution < 1.29 is 14.2 Å².